The number of nitrogens with zero attached hydrogens (tertiary/aromatic N) is 1. The second-order valence-electron chi connectivity index (χ2n) is 7.49. The van der Waals surface area contributed by atoms with Crippen LogP contribution in [0.15, 0.2) is 54.6 Å². The number of benzene rings is 2. The molecule has 0 bridgehead atoms. The fourth-order valence-electron chi connectivity index (χ4n) is 4.04. The van der Waals surface area contributed by atoms with Gasteiger partial charge in [0.2, 0.25) is 6.41 Å². The van der Waals surface area contributed by atoms with Crippen molar-refractivity contribution in [3.05, 3.63) is 71.5 Å². The number of carbonyl (C=O) groups is 2. The van der Waals surface area contributed by atoms with Crippen molar-refractivity contribution in [2.24, 2.45) is 5.92 Å². The largest absolute Gasteiger partial charge is 0.358 e. The van der Waals surface area contributed by atoms with Gasteiger partial charge in [-0.1, -0.05) is 30.3 Å². The van der Waals surface area contributed by atoms with E-state index in [-0.39, 0.29) is 17.6 Å². The second kappa shape index (κ2) is 10.7. The van der Waals surface area contributed by atoms with Crippen LogP contribution >= 0.6 is 0 Å². The first-order valence-corrected chi connectivity index (χ1v) is 10.2. The van der Waals surface area contributed by atoms with Gasteiger partial charge in [-0.2, -0.15) is 0 Å². The van der Waals surface area contributed by atoms with Gasteiger partial charge in [0.25, 0.3) is 5.91 Å². The third-order valence-electron chi connectivity index (χ3n) is 5.67. The molecule has 6 heteroatoms. The van der Waals surface area contributed by atoms with Gasteiger partial charge in [-0.05, 0) is 61.7 Å². The van der Waals surface area contributed by atoms with Crippen LogP contribution in [0.2, 0.25) is 0 Å². The van der Waals surface area contributed by atoms with Gasteiger partial charge >= 0.3 is 0 Å². The fraction of sp³-hybridized carbons (Fsp3) is 0.391. The molecule has 2 amide bonds. The summed E-state index contributed by atoms with van der Waals surface area (Å²) in [6.45, 7) is 3.90. The van der Waals surface area contributed by atoms with E-state index in [4.69, 9.17) is 0 Å². The lowest BCUT2D eigenvalue weighted by Crippen LogP contribution is -2.41. The van der Waals surface area contributed by atoms with Crippen molar-refractivity contribution in [1.29, 1.82) is 0 Å². The first-order chi connectivity index (χ1) is 14.2. The van der Waals surface area contributed by atoms with E-state index in [0.29, 0.717) is 24.6 Å². The number of carbonyl (C=O) groups excluding carboxylic acids is 2. The maximum Gasteiger partial charge on any atom is 0.251 e. The molecule has 0 saturated carbocycles. The van der Waals surface area contributed by atoms with Crippen molar-refractivity contribution in [1.82, 2.24) is 15.5 Å². The van der Waals surface area contributed by atoms with Gasteiger partial charge in [-0.3, -0.25) is 9.59 Å². The highest BCUT2D eigenvalue weighted by atomic mass is 19.1. The number of amides is 2. The zero-order valence-electron chi connectivity index (χ0n) is 16.5. The lowest BCUT2D eigenvalue weighted by Gasteiger charge is -2.36. The minimum absolute atomic E-state index is 0.0446. The number of nitrogens with one attached hydrogen (secondary N) is 2. The topological polar surface area (TPSA) is 61.4 Å². The molecule has 1 heterocycles. The molecular formula is C23H28FN3O2. The van der Waals surface area contributed by atoms with Crippen LogP contribution in [-0.2, 0) is 4.79 Å². The van der Waals surface area contributed by atoms with E-state index < -0.39 is 0 Å². The van der Waals surface area contributed by atoms with Crippen molar-refractivity contribution in [3.63, 3.8) is 0 Å². The number of piperidine rings is 1. The molecule has 0 aliphatic carbocycles. The molecule has 2 aromatic carbocycles. The van der Waals surface area contributed by atoms with Crippen molar-refractivity contribution >= 4 is 12.3 Å². The van der Waals surface area contributed by atoms with Crippen molar-refractivity contribution in [3.8, 4) is 0 Å². The second-order valence-corrected chi connectivity index (χ2v) is 7.49. The Morgan fingerprint density at radius 3 is 2.45 bits per heavy atom. The van der Waals surface area contributed by atoms with Crippen LogP contribution in [0.3, 0.4) is 0 Å². The number of hydrogen-bond acceptors (Lipinski definition) is 3. The molecule has 29 heavy (non-hydrogen) atoms. The molecule has 154 valence electrons. The maximum atomic E-state index is 13.3. The van der Waals surface area contributed by atoms with Crippen LogP contribution in [0, 0.1) is 11.7 Å². The minimum Gasteiger partial charge on any atom is -0.358 e. The summed E-state index contributed by atoms with van der Waals surface area (Å²) in [4.78, 5) is 25.3. The smallest absolute Gasteiger partial charge is 0.251 e. The normalized spacial score (nSPS) is 16.2. The highest BCUT2D eigenvalue weighted by Crippen LogP contribution is 2.32. The van der Waals surface area contributed by atoms with Crippen molar-refractivity contribution < 1.29 is 14.0 Å². The Hall–Kier alpha value is -2.73. The Bertz CT molecular complexity index is 774. The monoisotopic (exact) mass is 397 g/mol. The first-order valence-electron chi connectivity index (χ1n) is 10.2. The summed E-state index contributed by atoms with van der Waals surface area (Å²) in [5, 5.41) is 5.77. The molecule has 1 saturated heterocycles. The molecular weight excluding hydrogens is 369 g/mol. The predicted molar refractivity (Wildman–Crippen MR) is 111 cm³/mol. The number of likely N-dealkylation sites (tertiary alicyclic amines) is 1. The molecule has 0 spiro atoms. The first kappa shape index (κ1) is 21.0. The minimum atomic E-state index is -0.247. The van der Waals surface area contributed by atoms with E-state index in [0.717, 1.165) is 44.4 Å². The van der Waals surface area contributed by atoms with Gasteiger partial charge in [-0.15, -0.1) is 0 Å². The van der Waals surface area contributed by atoms with E-state index in [1.165, 1.54) is 12.1 Å². The van der Waals surface area contributed by atoms with E-state index in [9.17, 15) is 14.0 Å². The third kappa shape index (κ3) is 6.12. The number of hydrogen-bond donors (Lipinski definition) is 2. The van der Waals surface area contributed by atoms with Crippen LogP contribution < -0.4 is 10.6 Å². The molecule has 5 nitrogen and oxygen atoms in total. The zero-order valence-corrected chi connectivity index (χ0v) is 16.5. The van der Waals surface area contributed by atoms with E-state index in [2.05, 4.69) is 15.5 Å². The van der Waals surface area contributed by atoms with Crippen molar-refractivity contribution in [2.75, 3.05) is 32.7 Å². The average Bonchev–Trinajstić information content (AvgIpc) is 2.76. The summed E-state index contributed by atoms with van der Waals surface area (Å²) in [5.74, 6) is 0.323. The average molecular weight is 397 g/mol. The van der Waals surface area contributed by atoms with E-state index in [1.807, 2.05) is 42.5 Å². The van der Waals surface area contributed by atoms with Gasteiger partial charge in [0.1, 0.15) is 5.82 Å². The van der Waals surface area contributed by atoms with Gasteiger partial charge in [0.15, 0.2) is 0 Å². The van der Waals surface area contributed by atoms with Crippen LogP contribution in [0.5, 0.6) is 0 Å². The Morgan fingerprint density at radius 2 is 1.79 bits per heavy atom. The number of halogens is 1. The summed E-state index contributed by atoms with van der Waals surface area (Å²) < 4.78 is 13.3. The molecule has 2 aromatic rings. The van der Waals surface area contributed by atoms with Crippen LogP contribution in [0.4, 0.5) is 4.39 Å². The molecule has 1 aliphatic heterocycles. The Labute approximate surface area is 171 Å². The highest BCUT2D eigenvalue weighted by Gasteiger charge is 2.27. The summed E-state index contributed by atoms with van der Waals surface area (Å²) in [6, 6.07) is 15.8. The quantitative estimate of drug-likeness (QED) is 0.640. The molecule has 1 aliphatic rings. The predicted octanol–water partition coefficient (Wildman–Crippen LogP) is 2.80. The summed E-state index contributed by atoms with van der Waals surface area (Å²) in [5.41, 5.74) is 1.74. The standard InChI is InChI=1S/C23H28FN3O2/c24-21-8-6-18(7-9-21)22(16-25-17-28)19-10-13-27(14-11-19)15-12-26-23(29)20-4-2-1-3-5-20/h1-9,17,19,22H,10-16H2,(H,25,28)(H,26,29)/t22-/m1/s1. The highest BCUT2D eigenvalue weighted by molar-refractivity contribution is 5.94. The van der Waals surface area contributed by atoms with Gasteiger partial charge in [0, 0.05) is 31.1 Å². The van der Waals surface area contributed by atoms with Crippen LogP contribution in [0.1, 0.15) is 34.7 Å². The summed E-state index contributed by atoms with van der Waals surface area (Å²) in [6.07, 6.45) is 2.74. The summed E-state index contributed by atoms with van der Waals surface area (Å²) in [7, 11) is 0. The maximum absolute atomic E-state index is 13.3. The Kier molecular flexibility index (Phi) is 7.76. The molecule has 0 unspecified atom stereocenters. The zero-order chi connectivity index (χ0) is 20.5. The molecule has 1 atom stereocenters. The number of rotatable bonds is 9. The lowest BCUT2D eigenvalue weighted by atomic mass is 9.80. The molecule has 1 fully saturated rings. The van der Waals surface area contributed by atoms with Gasteiger partial charge in [0.05, 0.1) is 0 Å². The SMILES string of the molecule is O=CNC[C@H](c1ccc(F)cc1)C1CCN(CCNC(=O)c2ccccc2)CC1. The molecule has 0 aromatic heterocycles. The van der Waals surface area contributed by atoms with Gasteiger partial charge < -0.3 is 15.5 Å². The van der Waals surface area contributed by atoms with Crippen LogP contribution in [-0.4, -0.2) is 49.9 Å². The molecule has 3 rings (SSSR count). The fourth-order valence-corrected chi connectivity index (χ4v) is 4.04. The van der Waals surface area contributed by atoms with Crippen molar-refractivity contribution in [2.45, 2.75) is 18.8 Å². The van der Waals surface area contributed by atoms with Crippen LogP contribution in [0.25, 0.3) is 0 Å². The third-order valence-corrected chi connectivity index (χ3v) is 5.67. The lowest BCUT2D eigenvalue weighted by molar-refractivity contribution is -0.109. The molecule has 0 radical (unpaired) electrons. The van der Waals surface area contributed by atoms with E-state index >= 15 is 0 Å². The Balaban J connectivity index is 1.47. The molecule has 2 N–H and O–H groups in total. The summed E-state index contributed by atoms with van der Waals surface area (Å²) >= 11 is 0. The Morgan fingerprint density at radius 1 is 1.10 bits per heavy atom. The van der Waals surface area contributed by atoms with Gasteiger partial charge in [-0.25, -0.2) is 4.39 Å². The van der Waals surface area contributed by atoms with E-state index in [1.54, 1.807) is 0 Å².